The second-order valence-electron chi connectivity index (χ2n) is 3.51. The maximum Gasteiger partial charge on any atom is 0.255 e. The minimum atomic E-state index is -0.877. The second-order valence-corrected chi connectivity index (χ2v) is 4.68. The second kappa shape index (κ2) is 4.20. The Balaban J connectivity index is 2.26. The Hall–Kier alpha value is -1.07. The average molecular weight is 225 g/mol. The molecule has 80 valence electrons. The topological polar surface area (TPSA) is 63.4 Å². The minimum absolute atomic E-state index is 0.226. The molecule has 1 saturated heterocycles. The maximum absolute atomic E-state index is 10.8. The lowest BCUT2D eigenvalue weighted by Gasteiger charge is -2.13. The predicted octanol–water partition coefficient (Wildman–Crippen LogP) is 1.48. The van der Waals surface area contributed by atoms with E-state index in [2.05, 4.69) is 0 Å². The van der Waals surface area contributed by atoms with E-state index in [1.807, 2.05) is 30.3 Å². The van der Waals surface area contributed by atoms with Gasteiger partial charge in [0.2, 0.25) is 0 Å². The van der Waals surface area contributed by atoms with Gasteiger partial charge in [-0.15, -0.1) is 11.8 Å². The lowest BCUT2D eigenvalue weighted by atomic mass is 10.0. The van der Waals surface area contributed by atoms with E-state index in [-0.39, 0.29) is 10.2 Å². The number of benzene rings is 1. The Morgan fingerprint density at radius 2 is 2.07 bits per heavy atom. The minimum Gasteiger partial charge on any atom is -0.385 e. The van der Waals surface area contributed by atoms with Crippen molar-refractivity contribution in [2.45, 2.75) is 17.4 Å². The van der Waals surface area contributed by atoms with Gasteiger partial charge in [-0.05, 0) is 5.56 Å². The van der Waals surface area contributed by atoms with Crippen LogP contribution in [0.1, 0.15) is 10.8 Å². The van der Waals surface area contributed by atoms with Gasteiger partial charge in [0.15, 0.2) is 0 Å². The predicted molar refractivity (Wildman–Crippen MR) is 58.4 cm³/mol. The van der Waals surface area contributed by atoms with Gasteiger partial charge in [0.1, 0.15) is 6.10 Å². The van der Waals surface area contributed by atoms with Crippen molar-refractivity contribution in [3.8, 4) is 0 Å². The summed E-state index contributed by atoms with van der Waals surface area (Å²) in [6.45, 7) is 0. The summed E-state index contributed by atoms with van der Waals surface area (Å²) < 4.78 is 0. The third-order valence-electron chi connectivity index (χ3n) is 2.52. The highest BCUT2D eigenvalue weighted by atomic mass is 32.2. The first-order valence-corrected chi connectivity index (χ1v) is 5.73. The maximum atomic E-state index is 10.8. The molecule has 0 unspecified atom stereocenters. The van der Waals surface area contributed by atoms with Crippen LogP contribution in [0.2, 0.25) is 0 Å². The SMILES string of the molecule is O=[N+]([O-])[C@H]1[C@H](O)CS[C@@H]1c1ccccc1. The molecule has 1 aliphatic rings. The lowest BCUT2D eigenvalue weighted by molar-refractivity contribution is -0.531. The molecule has 1 N–H and O–H groups in total. The number of nitro groups is 1. The summed E-state index contributed by atoms with van der Waals surface area (Å²) in [5, 5.41) is 20.1. The molecule has 0 bridgehead atoms. The normalized spacial score (nSPS) is 30.3. The Labute approximate surface area is 91.5 Å². The van der Waals surface area contributed by atoms with Crippen LogP contribution in [-0.2, 0) is 0 Å². The third-order valence-corrected chi connectivity index (χ3v) is 3.97. The molecule has 0 aliphatic carbocycles. The quantitative estimate of drug-likeness (QED) is 0.611. The van der Waals surface area contributed by atoms with Gasteiger partial charge < -0.3 is 5.11 Å². The van der Waals surface area contributed by atoms with Crippen molar-refractivity contribution in [1.29, 1.82) is 0 Å². The molecule has 2 rings (SSSR count). The Morgan fingerprint density at radius 1 is 1.40 bits per heavy atom. The molecular formula is C10H11NO3S. The number of aliphatic hydroxyl groups is 1. The van der Waals surface area contributed by atoms with Gasteiger partial charge in [-0.3, -0.25) is 10.1 Å². The monoisotopic (exact) mass is 225 g/mol. The molecule has 1 fully saturated rings. The molecule has 0 radical (unpaired) electrons. The molecule has 1 heterocycles. The smallest absolute Gasteiger partial charge is 0.255 e. The standard InChI is InChI=1S/C10H11NO3S/c12-8-6-15-10(9(8)11(13)14)7-4-2-1-3-5-7/h1-5,8-10,12H,6H2/t8-,9+,10-/m1/s1. The molecule has 0 saturated carbocycles. The molecule has 0 amide bonds. The molecule has 5 heteroatoms. The molecule has 1 aliphatic heterocycles. The van der Waals surface area contributed by atoms with Gasteiger partial charge in [-0.1, -0.05) is 30.3 Å². The highest BCUT2D eigenvalue weighted by Gasteiger charge is 2.45. The molecule has 0 spiro atoms. The Bertz CT molecular complexity index is 357. The first-order chi connectivity index (χ1) is 7.20. The summed E-state index contributed by atoms with van der Waals surface area (Å²) in [6.07, 6.45) is -0.838. The molecule has 1 aromatic carbocycles. The van der Waals surface area contributed by atoms with E-state index in [1.165, 1.54) is 11.8 Å². The van der Waals surface area contributed by atoms with Gasteiger partial charge in [0.05, 0.1) is 5.25 Å². The highest BCUT2D eigenvalue weighted by Crippen LogP contribution is 2.41. The molecule has 1 aromatic rings. The summed E-state index contributed by atoms with van der Waals surface area (Å²) in [6, 6.07) is 8.45. The first-order valence-electron chi connectivity index (χ1n) is 4.68. The molecule has 15 heavy (non-hydrogen) atoms. The Morgan fingerprint density at radius 3 is 2.67 bits per heavy atom. The summed E-state index contributed by atoms with van der Waals surface area (Å²) in [5.41, 5.74) is 0.917. The van der Waals surface area contributed by atoms with Crippen LogP contribution < -0.4 is 0 Å². The van der Waals surface area contributed by atoms with Gasteiger partial charge in [0.25, 0.3) is 6.04 Å². The molecule has 4 nitrogen and oxygen atoms in total. The zero-order valence-corrected chi connectivity index (χ0v) is 8.76. The summed E-state index contributed by atoms with van der Waals surface area (Å²) >= 11 is 1.45. The van der Waals surface area contributed by atoms with Crippen LogP contribution >= 0.6 is 11.8 Å². The van der Waals surface area contributed by atoms with Crippen molar-refractivity contribution in [2.75, 3.05) is 5.75 Å². The molecule has 3 atom stereocenters. The van der Waals surface area contributed by atoms with Crippen LogP contribution in [-0.4, -0.2) is 27.9 Å². The van der Waals surface area contributed by atoms with E-state index in [4.69, 9.17) is 0 Å². The first kappa shape index (κ1) is 10.4. The van der Waals surface area contributed by atoms with E-state index in [9.17, 15) is 15.2 Å². The zero-order chi connectivity index (χ0) is 10.8. The van der Waals surface area contributed by atoms with Crippen molar-refractivity contribution in [3.63, 3.8) is 0 Å². The van der Waals surface area contributed by atoms with E-state index < -0.39 is 12.1 Å². The Kier molecular flexibility index (Phi) is 2.93. The van der Waals surface area contributed by atoms with Crippen LogP contribution in [0.15, 0.2) is 30.3 Å². The van der Waals surface area contributed by atoms with Crippen LogP contribution in [0.3, 0.4) is 0 Å². The van der Waals surface area contributed by atoms with Gasteiger partial charge >= 0.3 is 0 Å². The summed E-state index contributed by atoms with van der Waals surface area (Å²) in [5.74, 6) is 0.436. The van der Waals surface area contributed by atoms with Crippen LogP contribution in [0.5, 0.6) is 0 Å². The fourth-order valence-electron chi connectivity index (χ4n) is 1.79. The van der Waals surface area contributed by atoms with Crippen molar-refractivity contribution in [3.05, 3.63) is 46.0 Å². The van der Waals surface area contributed by atoms with Crippen molar-refractivity contribution in [1.82, 2.24) is 0 Å². The third kappa shape index (κ3) is 1.98. The number of rotatable bonds is 2. The zero-order valence-electron chi connectivity index (χ0n) is 7.95. The van der Waals surface area contributed by atoms with Crippen LogP contribution in [0.4, 0.5) is 0 Å². The fraction of sp³-hybridized carbons (Fsp3) is 0.400. The van der Waals surface area contributed by atoms with Crippen LogP contribution in [0.25, 0.3) is 0 Å². The van der Waals surface area contributed by atoms with Crippen molar-refractivity contribution >= 4 is 11.8 Å². The van der Waals surface area contributed by atoms with Crippen molar-refractivity contribution in [2.24, 2.45) is 0 Å². The van der Waals surface area contributed by atoms with Gasteiger partial charge in [-0.25, -0.2) is 0 Å². The summed E-state index contributed by atoms with van der Waals surface area (Å²) in [7, 11) is 0. The van der Waals surface area contributed by atoms with Crippen LogP contribution in [0, 0.1) is 10.1 Å². The number of hydrogen-bond acceptors (Lipinski definition) is 4. The number of thioether (sulfide) groups is 1. The number of hydrogen-bond donors (Lipinski definition) is 1. The van der Waals surface area contributed by atoms with E-state index in [0.29, 0.717) is 5.75 Å². The number of nitrogens with zero attached hydrogens (tertiary/aromatic N) is 1. The largest absolute Gasteiger partial charge is 0.385 e. The fourth-order valence-corrected chi connectivity index (χ4v) is 3.22. The lowest BCUT2D eigenvalue weighted by Crippen LogP contribution is -2.33. The molecule has 0 aromatic heterocycles. The van der Waals surface area contributed by atoms with Gasteiger partial charge in [-0.2, -0.15) is 0 Å². The summed E-state index contributed by atoms with van der Waals surface area (Å²) in [4.78, 5) is 10.5. The highest BCUT2D eigenvalue weighted by molar-refractivity contribution is 7.99. The average Bonchev–Trinajstić information content (AvgIpc) is 2.61. The van der Waals surface area contributed by atoms with E-state index in [1.54, 1.807) is 0 Å². The van der Waals surface area contributed by atoms with Crippen molar-refractivity contribution < 1.29 is 10.0 Å². The van der Waals surface area contributed by atoms with E-state index in [0.717, 1.165) is 5.56 Å². The number of aliphatic hydroxyl groups excluding tert-OH is 1. The van der Waals surface area contributed by atoms with Gasteiger partial charge in [0, 0.05) is 10.7 Å². The van der Waals surface area contributed by atoms with E-state index >= 15 is 0 Å². The molecular weight excluding hydrogens is 214 g/mol.